The number of hydrogen-bond donors (Lipinski definition) is 0. The molecule has 2 fully saturated rings. The van der Waals surface area contributed by atoms with Crippen LogP contribution in [-0.4, -0.2) is 52.9 Å². The monoisotopic (exact) mass is 307 g/mol. The van der Waals surface area contributed by atoms with Crippen LogP contribution in [0.3, 0.4) is 0 Å². The Bertz CT molecular complexity index is 240. The van der Waals surface area contributed by atoms with Crippen molar-refractivity contribution in [3.63, 3.8) is 0 Å². The average Bonchev–Trinajstić information content (AvgIpc) is 2.97. The van der Waals surface area contributed by atoms with Crippen molar-refractivity contribution in [2.45, 2.75) is 31.4 Å². The molecule has 0 spiro atoms. The van der Waals surface area contributed by atoms with Crippen LogP contribution in [0.4, 0.5) is 0 Å². The summed E-state index contributed by atoms with van der Waals surface area (Å²) >= 11 is 5.22. The summed E-state index contributed by atoms with van der Waals surface area (Å²) in [4.78, 5) is 13.9. The van der Waals surface area contributed by atoms with Gasteiger partial charge in [0.25, 0.3) is 0 Å². The highest BCUT2D eigenvalue weighted by atomic mass is 79.9. The third kappa shape index (κ3) is 3.14. The van der Waals surface area contributed by atoms with Crippen molar-refractivity contribution in [1.29, 1.82) is 0 Å². The second-order valence-electron chi connectivity index (χ2n) is 4.33. The molecule has 0 radical (unpaired) electrons. The lowest BCUT2D eigenvalue weighted by Crippen LogP contribution is -2.45. The van der Waals surface area contributed by atoms with E-state index in [1.165, 1.54) is 5.75 Å². The van der Waals surface area contributed by atoms with Crippen LogP contribution in [0.15, 0.2) is 0 Å². The van der Waals surface area contributed by atoms with E-state index in [-0.39, 0.29) is 12.0 Å². The van der Waals surface area contributed by atoms with Gasteiger partial charge in [-0.05, 0) is 25.0 Å². The molecule has 2 aliphatic rings. The SMILES string of the molecule is O=C(CBr)N(CC1CCCO1)C1CCSC1. The number of ether oxygens (including phenoxy) is 1. The third-order valence-corrected chi connectivity index (χ3v) is 4.83. The fourth-order valence-electron chi connectivity index (χ4n) is 2.31. The zero-order chi connectivity index (χ0) is 11.4. The van der Waals surface area contributed by atoms with Gasteiger partial charge in [0, 0.05) is 24.9 Å². The van der Waals surface area contributed by atoms with Crippen LogP contribution in [0.2, 0.25) is 0 Å². The Hall–Kier alpha value is 0.260. The summed E-state index contributed by atoms with van der Waals surface area (Å²) in [5.41, 5.74) is 0. The van der Waals surface area contributed by atoms with Crippen LogP contribution in [0, 0.1) is 0 Å². The molecule has 5 heteroatoms. The molecule has 0 bridgehead atoms. The van der Waals surface area contributed by atoms with Crippen molar-refractivity contribution in [2.75, 3.05) is 30.0 Å². The number of hydrogen-bond acceptors (Lipinski definition) is 3. The van der Waals surface area contributed by atoms with E-state index in [4.69, 9.17) is 4.74 Å². The molecule has 0 aromatic heterocycles. The number of amides is 1. The predicted molar refractivity (Wildman–Crippen MR) is 70.2 cm³/mol. The molecule has 0 N–H and O–H groups in total. The first-order valence-corrected chi connectivity index (χ1v) is 8.13. The quantitative estimate of drug-likeness (QED) is 0.743. The zero-order valence-electron chi connectivity index (χ0n) is 9.36. The Balaban J connectivity index is 1.92. The summed E-state index contributed by atoms with van der Waals surface area (Å²) in [7, 11) is 0. The Morgan fingerprint density at radius 1 is 1.50 bits per heavy atom. The number of carbonyl (C=O) groups is 1. The van der Waals surface area contributed by atoms with Crippen molar-refractivity contribution in [2.24, 2.45) is 0 Å². The fourth-order valence-corrected chi connectivity index (χ4v) is 3.85. The van der Waals surface area contributed by atoms with Gasteiger partial charge in [0.05, 0.1) is 11.4 Å². The molecular weight excluding hydrogens is 290 g/mol. The van der Waals surface area contributed by atoms with E-state index in [1.54, 1.807) is 0 Å². The standard InChI is InChI=1S/C11H18BrNO2S/c12-6-11(14)13(9-3-5-16-8-9)7-10-2-1-4-15-10/h9-10H,1-8H2. The first kappa shape index (κ1) is 12.7. The highest BCUT2D eigenvalue weighted by Gasteiger charge is 2.29. The van der Waals surface area contributed by atoms with Crippen LogP contribution in [0.1, 0.15) is 19.3 Å². The molecule has 2 aliphatic heterocycles. The summed E-state index contributed by atoms with van der Waals surface area (Å²) in [6, 6.07) is 0.430. The Kier molecular flexibility index (Phi) is 4.97. The van der Waals surface area contributed by atoms with E-state index >= 15 is 0 Å². The van der Waals surface area contributed by atoms with Crippen molar-refractivity contribution < 1.29 is 9.53 Å². The zero-order valence-corrected chi connectivity index (χ0v) is 11.8. The molecule has 16 heavy (non-hydrogen) atoms. The lowest BCUT2D eigenvalue weighted by Gasteiger charge is -2.30. The molecule has 0 saturated carbocycles. The van der Waals surface area contributed by atoms with Gasteiger partial charge in [-0.1, -0.05) is 15.9 Å². The van der Waals surface area contributed by atoms with E-state index < -0.39 is 0 Å². The normalized spacial score (nSPS) is 29.6. The topological polar surface area (TPSA) is 29.5 Å². The van der Waals surface area contributed by atoms with E-state index in [0.717, 1.165) is 38.2 Å². The Labute approximate surface area is 109 Å². The molecule has 1 amide bonds. The molecular formula is C11H18BrNO2S. The highest BCUT2D eigenvalue weighted by Crippen LogP contribution is 2.24. The van der Waals surface area contributed by atoms with Gasteiger partial charge in [-0.15, -0.1) is 0 Å². The largest absolute Gasteiger partial charge is 0.376 e. The molecule has 2 heterocycles. The van der Waals surface area contributed by atoms with Gasteiger partial charge in [0.15, 0.2) is 0 Å². The number of rotatable bonds is 4. The van der Waals surface area contributed by atoms with Gasteiger partial charge >= 0.3 is 0 Å². The first-order chi connectivity index (χ1) is 7.81. The molecule has 0 aliphatic carbocycles. The van der Waals surface area contributed by atoms with E-state index in [2.05, 4.69) is 15.9 Å². The summed E-state index contributed by atoms with van der Waals surface area (Å²) in [5.74, 6) is 2.48. The van der Waals surface area contributed by atoms with Gasteiger partial charge in [-0.2, -0.15) is 11.8 Å². The summed E-state index contributed by atoms with van der Waals surface area (Å²) < 4.78 is 5.62. The number of halogens is 1. The van der Waals surface area contributed by atoms with Crippen molar-refractivity contribution >= 4 is 33.6 Å². The van der Waals surface area contributed by atoms with Crippen LogP contribution < -0.4 is 0 Å². The maximum atomic E-state index is 11.9. The summed E-state index contributed by atoms with van der Waals surface area (Å²) in [5, 5.41) is 0.431. The third-order valence-electron chi connectivity index (χ3n) is 3.21. The highest BCUT2D eigenvalue weighted by molar-refractivity contribution is 9.09. The molecule has 2 saturated heterocycles. The molecule has 3 nitrogen and oxygen atoms in total. The minimum absolute atomic E-state index is 0.211. The Morgan fingerprint density at radius 2 is 2.38 bits per heavy atom. The van der Waals surface area contributed by atoms with Crippen LogP contribution in [-0.2, 0) is 9.53 Å². The minimum atomic E-state index is 0.211. The van der Waals surface area contributed by atoms with E-state index in [0.29, 0.717) is 11.4 Å². The number of thioether (sulfide) groups is 1. The molecule has 2 rings (SSSR count). The second kappa shape index (κ2) is 6.26. The van der Waals surface area contributed by atoms with Gasteiger partial charge in [-0.25, -0.2) is 0 Å². The first-order valence-electron chi connectivity index (χ1n) is 5.86. The molecule has 92 valence electrons. The molecule has 2 atom stereocenters. The minimum Gasteiger partial charge on any atom is -0.376 e. The number of carbonyl (C=O) groups excluding carboxylic acids is 1. The van der Waals surface area contributed by atoms with Crippen LogP contribution in [0.5, 0.6) is 0 Å². The summed E-state index contributed by atoms with van der Waals surface area (Å²) in [6.07, 6.45) is 3.65. The summed E-state index contributed by atoms with van der Waals surface area (Å²) in [6.45, 7) is 1.65. The number of alkyl halides is 1. The lowest BCUT2D eigenvalue weighted by atomic mass is 10.1. The van der Waals surface area contributed by atoms with Crippen LogP contribution in [0.25, 0.3) is 0 Å². The maximum absolute atomic E-state index is 11.9. The van der Waals surface area contributed by atoms with Gasteiger partial charge in [-0.3, -0.25) is 4.79 Å². The maximum Gasteiger partial charge on any atom is 0.233 e. The van der Waals surface area contributed by atoms with Gasteiger partial charge in [0.2, 0.25) is 5.91 Å². The van der Waals surface area contributed by atoms with Gasteiger partial charge in [0.1, 0.15) is 0 Å². The van der Waals surface area contributed by atoms with Crippen LogP contribution >= 0.6 is 27.7 Å². The molecule has 0 aromatic carbocycles. The fraction of sp³-hybridized carbons (Fsp3) is 0.909. The predicted octanol–water partition coefficient (Wildman–Crippen LogP) is 1.89. The number of nitrogens with zero attached hydrogens (tertiary/aromatic N) is 1. The average molecular weight is 308 g/mol. The Morgan fingerprint density at radius 3 is 2.94 bits per heavy atom. The second-order valence-corrected chi connectivity index (χ2v) is 6.04. The van der Waals surface area contributed by atoms with Crippen molar-refractivity contribution in [3.05, 3.63) is 0 Å². The lowest BCUT2D eigenvalue weighted by molar-refractivity contribution is -0.131. The van der Waals surface area contributed by atoms with E-state index in [9.17, 15) is 4.79 Å². The van der Waals surface area contributed by atoms with Crippen molar-refractivity contribution in [1.82, 2.24) is 4.90 Å². The molecule has 0 aromatic rings. The van der Waals surface area contributed by atoms with E-state index in [1.807, 2.05) is 16.7 Å². The van der Waals surface area contributed by atoms with Crippen molar-refractivity contribution in [3.8, 4) is 0 Å². The molecule has 2 unspecified atom stereocenters. The van der Waals surface area contributed by atoms with Gasteiger partial charge < -0.3 is 9.64 Å². The smallest absolute Gasteiger partial charge is 0.233 e.